The van der Waals surface area contributed by atoms with Crippen molar-refractivity contribution in [3.63, 3.8) is 0 Å². The highest BCUT2D eigenvalue weighted by Gasteiger charge is 2.40. The maximum Gasteiger partial charge on any atom is 0.423 e. The molecule has 0 saturated heterocycles. The quantitative estimate of drug-likeness (QED) is 0.142. The molecule has 3 N–H and O–H groups in total. The molecule has 0 fully saturated rings. The third-order valence-corrected chi connectivity index (χ3v) is 4.20. The number of carboxylic acid groups (broad SMARTS) is 1. The highest BCUT2D eigenvalue weighted by atomic mass is 19.4. The third-order valence-electron chi connectivity index (χ3n) is 4.20. The summed E-state index contributed by atoms with van der Waals surface area (Å²) in [7, 11) is 0.932. The number of aliphatic hydroxyl groups is 1. The number of carbonyl (C=O) groups excluding carboxylic acids is 1. The van der Waals surface area contributed by atoms with E-state index in [4.69, 9.17) is 4.74 Å². The summed E-state index contributed by atoms with van der Waals surface area (Å²) >= 11 is 0. The first-order valence-corrected chi connectivity index (χ1v) is 8.43. The molecule has 0 radical (unpaired) electrons. The van der Waals surface area contributed by atoms with Crippen LogP contribution in [-0.2, 0) is 11.0 Å². The predicted molar refractivity (Wildman–Crippen MR) is 98.2 cm³/mol. The van der Waals surface area contributed by atoms with E-state index in [0.29, 0.717) is 6.07 Å². The maximum absolute atomic E-state index is 13.1. The fourth-order valence-corrected chi connectivity index (χ4v) is 2.42. The minimum absolute atomic E-state index is 0.268. The molecule has 30 heavy (non-hydrogen) atoms. The number of nitro benzene ring substituents is 1. The number of nitro groups is 1. The van der Waals surface area contributed by atoms with Crippen LogP contribution in [0.15, 0.2) is 23.9 Å². The summed E-state index contributed by atoms with van der Waals surface area (Å²) in [6, 6.07) is -0.0682. The lowest BCUT2D eigenvalue weighted by Crippen LogP contribution is -2.41. The highest BCUT2D eigenvalue weighted by molar-refractivity contribution is 6.24. The van der Waals surface area contributed by atoms with Crippen molar-refractivity contribution in [3.8, 4) is 5.75 Å². The van der Waals surface area contributed by atoms with Crippen molar-refractivity contribution in [2.75, 3.05) is 13.7 Å². The van der Waals surface area contributed by atoms with Gasteiger partial charge < -0.3 is 20.3 Å². The molecular weight excluding hydrogens is 413 g/mol. The summed E-state index contributed by atoms with van der Waals surface area (Å²) in [5, 5.41) is 32.5. The number of methoxy groups -OCH3 is 1. The number of carbonyl (C=O) groups is 2. The third kappa shape index (κ3) is 5.69. The Kier molecular flexibility index (Phi) is 7.56. The van der Waals surface area contributed by atoms with Crippen LogP contribution in [0.4, 0.5) is 18.9 Å². The molecule has 1 aromatic carbocycles. The number of Topliss-reactive ketones (excluding diaryl/α,β-unsaturated/α-hetero) is 1. The van der Waals surface area contributed by atoms with Gasteiger partial charge in [0, 0.05) is 18.3 Å². The molecule has 1 unspecified atom stereocenters. The van der Waals surface area contributed by atoms with Crippen molar-refractivity contribution in [1.29, 1.82) is 0 Å². The smallest absolute Gasteiger partial charge is 0.423 e. The Bertz CT molecular complexity index is 874. The number of ketones is 1. The van der Waals surface area contributed by atoms with Gasteiger partial charge in [0.25, 0.3) is 5.69 Å². The first-order chi connectivity index (χ1) is 13.6. The van der Waals surface area contributed by atoms with E-state index in [1.165, 1.54) is 0 Å². The molecule has 0 saturated carbocycles. The van der Waals surface area contributed by atoms with Gasteiger partial charge in [-0.25, -0.2) is 4.79 Å². The molecular formula is C18H21F3N2O7. The molecule has 9 nitrogen and oxygen atoms in total. The summed E-state index contributed by atoms with van der Waals surface area (Å²) in [6.45, 7) is 4.80. The van der Waals surface area contributed by atoms with Crippen LogP contribution in [0, 0.1) is 15.5 Å². The van der Waals surface area contributed by atoms with Gasteiger partial charge in [0.15, 0.2) is 0 Å². The first-order valence-electron chi connectivity index (χ1n) is 8.43. The van der Waals surface area contributed by atoms with Gasteiger partial charge in [-0.1, -0.05) is 20.8 Å². The van der Waals surface area contributed by atoms with Crippen LogP contribution in [-0.4, -0.2) is 46.6 Å². The molecule has 0 aliphatic carbocycles. The minimum Gasteiger partial charge on any atom is -0.496 e. The van der Waals surface area contributed by atoms with Crippen molar-refractivity contribution in [2.45, 2.75) is 33.0 Å². The van der Waals surface area contributed by atoms with Gasteiger partial charge >= 0.3 is 12.1 Å². The van der Waals surface area contributed by atoms with Crippen molar-refractivity contribution >= 4 is 17.4 Å². The number of aliphatic carboxylic acids is 1. The predicted octanol–water partition coefficient (Wildman–Crippen LogP) is 2.77. The van der Waals surface area contributed by atoms with Crippen molar-refractivity contribution < 1.29 is 42.6 Å². The number of hydrogen-bond donors (Lipinski definition) is 3. The zero-order valence-corrected chi connectivity index (χ0v) is 16.5. The number of benzene rings is 1. The fraction of sp³-hybridized carbons (Fsp3) is 0.444. The molecule has 0 bridgehead atoms. The number of nitrogens with one attached hydrogen (secondary N) is 1. The van der Waals surface area contributed by atoms with Crippen LogP contribution < -0.4 is 10.1 Å². The van der Waals surface area contributed by atoms with Gasteiger partial charge in [-0.3, -0.25) is 14.9 Å². The van der Waals surface area contributed by atoms with Gasteiger partial charge in [-0.15, -0.1) is 0 Å². The average molecular weight is 434 g/mol. The Morgan fingerprint density at radius 3 is 2.23 bits per heavy atom. The normalized spacial score (nSPS) is 13.5. The van der Waals surface area contributed by atoms with Crippen LogP contribution in [0.2, 0.25) is 0 Å². The first kappa shape index (κ1) is 24.9. The van der Waals surface area contributed by atoms with E-state index >= 15 is 0 Å². The number of aliphatic hydroxyl groups excluding tert-OH is 1. The lowest BCUT2D eigenvalue weighted by molar-refractivity contribution is -0.388. The van der Waals surface area contributed by atoms with Crippen molar-refractivity contribution in [1.82, 2.24) is 5.32 Å². The number of halogens is 3. The molecule has 1 rings (SSSR count). The number of rotatable bonds is 8. The Balaban J connectivity index is 3.58. The zero-order chi connectivity index (χ0) is 23.4. The molecule has 166 valence electrons. The van der Waals surface area contributed by atoms with Crippen LogP contribution in [0.3, 0.4) is 0 Å². The van der Waals surface area contributed by atoms with Crippen LogP contribution in [0.5, 0.6) is 5.75 Å². The maximum atomic E-state index is 13.1. The van der Waals surface area contributed by atoms with E-state index in [2.05, 4.69) is 5.32 Å². The summed E-state index contributed by atoms with van der Waals surface area (Å²) in [5.74, 6) is -3.73. The number of ether oxygens (including phenoxy) is 1. The molecule has 0 aromatic heterocycles. The van der Waals surface area contributed by atoms with Crippen molar-refractivity contribution in [2.24, 2.45) is 5.41 Å². The Labute approximate surface area is 169 Å². The monoisotopic (exact) mass is 434 g/mol. The van der Waals surface area contributed by atoms with E-state index in [9.17, 15) is 43.1 Å². The molecule has 0 amide bonds. The average Bonchev–Trinajstić information content (AvgIpc) is 2.61. The fourth-order valence-electron chi connectivity index (χ4n) is 2.42. The van der Waals surface area contributed by atoms with Crippen LogP contribution >= 0.6 is 0 Å². The number of hydrogen-bond acceptors (Lipinski definition) is 7. The van der Waals surface area contributed by atoms with E-state index in [1.54, 1.807) is 20.8 Å². The minimum atomic E-state index is -5.11. The van der Waals surface area contributed by atoms with Gasteiger partial charge in [-0.05, 0) is 5.41 Å². The summed E-state index contributed by atoms with van der Waals surface area (Å²) in [4.78, 5) is 34.0. The summed E-state index contributed by atoms with van der Waals surface area (Å²) < 4.78 is 44.1. The lowest BCUT2D eigenvalue weighted by atomic mass is 9.87. The zero-order valence-electron chi connectivity index (χ0n) is 16.5. The second-order valence-electron chi connectivity index (χ2n) is 7.28. The topological polar surface area (TPSA) is 139 Å². The number of alkyl halides is 3. The van der Waals surface area contributed by atoms with E-state index in [0.717, 1.165) is 13.3 Å². The number of nitrogens with zero attached hydrogens (tertiary/aromatic N) is 1. The van der Waals surface area contributed by atoms with Crippen LogP contribution in [0.1, 0.15) is 36.7 Å². The Morgan fingerprint density at radius 2 is 1.87 bits per heavy atom. The van der Waals surface area contributed by atoms with E-state index in [-0.39, 0.29) is 6.07 Å². The second-order valence-corrected chi connectivity index (χ2v) is 7.28. The van der Waals surface area contributed by atoms with Gasteiger partial charge in [0.1, 0.15) is 16.9 Å². The van der Waals surface area contributed by atoms with Gasteiger partial charge in [-0.2, -0.15) is 13.2 Å². The van der Waals surface area contributed by atoms with E-state index < -0.39 is 69.1 Å². The number of carboxylic acids is 1. The molecule has 1 aromatic rings. The summed E-state index contributed by atoms with van der Waals surface area (Å²) in [5.41, 5.74) is -5.25. The Hall–Kier alpha value is -3.15. The van der Waals surface area contributed by atoms with Crippen LogP contribution in [0.25, 0.3) is 0 Å². The molecule has 12 heteroatoms. The standard InChI is InChI=1S/C18H21F3N2O7/c1-17(2,3)14(8-24)22-7-10(16(26)27)15(25)9-5-12(23(28)29)11(18(19,20)21)6-13(9)30-4/h5-7,14,22,24H,8H2,1-4H3,(H,26,27). The summed E-state index contributed by atoms with van der Waals surface area (Å²) in [6.07, 6.45) is -4.31. The molecule has 0 heterocycles. The van der Waals surface area contributed by atoms with Crippen molar-refractivity contribution in [3.05, 3.63) is 45.1 Å². The lowest BCUT2D eigenvalue weighted by Gasteiger charge is -2.29. The molecule has 0 aliphatic heterocycles. The Morgan fingerprint density at radius 1 is 1.30 bits per heavy atom. The highest BCUT2D eigenvalue weighted by Crippen LogP contribution is 2.40. The largest absolute Gasteiger partial charge is 0.496 e. The second kappa shape index (κ2) is 9.11. The molecule has 0 aliphatic rings. The van der Waals surface area contributed by atoms with E-state index in [1.807, 2.05) is 0 Å². The molecule has 0 spiro atoms. The molecule has 1 atom stereocenters. The van der Waals surface area contributed by atoms with Gasteiger partial charge in [0.2, 0.25) is 5.78 Å². The SMILES string of the molecule is COc1cc(C(F)(F)F)c([N+](=O)[O-])cc1C(=O)C(=CNC(CO)C(C)(C)C)C(=O)O. The van der Waals surface area contributed by atoms with Gasteiger partial charge in [0.05, 0.1) is 30.2 Å².